The lowest BCUT2D eigenvalue weighted by Crippen LogP contribution is -2.15. The molecule has 0 aliphatic rings. The van der Waals surface area contributed by atoms with E-state index in [1.807, 2.05) is 6.07 Å². The van der Waals surface area contributed by atoms with E-state index < -0.39 is 10.0 Å². The van der Waals surface area contributed by atoms with Crippen molar-refractivity contribution in [3.8, 4) is 0 Å². The van der Waals surface area contributed by atoms with Gasteiger partial charge in [-0.05, 0) is 24.6 Å². The number of nitrogens with zero attached hydrogens (tertiary/aromatic N) is 1. The summed E-state index contributed by atoms with van der Waals surface area (Å²) in [6.07, 6.45) is 3.97. The molecule has 0 saturated carbocycles. The first kappa shape index (κ1) is 13.9. The Balaban J connectivity index is 2.24. The molecule has 0 saturated heterocycles. The molecule has 0 unspecified atom stereocenters. The van der Waals surface area contributed by atoms with E-state index in [9.17, 15) is 8.42 Å². The molecule has 2 rings (SSSR count). The predicted octanol–water partition coefficient (Wildman–Crippen LogP) is 2.42. The molecule has 0 radical (unpaired) electrons. The Bertz CT molecular complexity index is 654. The molecule has 0 aliphatic carbocycles. The van der Waals surface area contributed by atoms with Crippen molar-refractivity contribution in [1.29, 1.82) is 0 Å². The van der Waals surface area contributed by atoms with E-state index in [2.05, 4.69) is 14.7 Å². The summed E-state index contributed by atoms with van der Waals surface area (Å²) in [5.74, 6) is 0.00804. The molecule has 2 aromatic rings. The molecule has 1 heterocycles. The Hall–Kier alpha value is -1.53. The Morgan fingerprint density at radius 2 is 2.21 bits per heavy atom. The third-order valence-corrected chi connectivity index (χ3v) is 4.25. The molecule has 0 bridgehead atoms. The smallest absolute Gasteiger partial charge is 0.232 e. The molecule has 0 amide bonds. The van der Waals surface area contributed by atoms with Gasteiger partial charge < -0.3 is 4.98 Å². The molecule has 0 fully saturated rings. The van der Waals surface area contributed by atoms with Gasteiger partial charge in [-0.25, -0.2) is 13.4 Å². The van der Waals surface area contributed by atoms with E-state index in [-0.39, 0.29) is 5.75 Å². The summed E-state index contributed by atoms with van der Waals surface area (Å²) in [6, 6.07) is 5.27. The average molecular weight is 300 g/mol. The zero-order valence-corrected chi connectivity index (χ0v) is 11.9. The number of aromatic nitrogens is 2. The fourth-order valence-corrected chi connectivity index (χ4v) is 2.47. The standard InChI is InChI=1S/C12H14ClN3O2S/c1-2-19(17,18)16-12-6-9(3-4-11(12)13)5-10-7-14-8-15-10/h3-4,6-8,16H,2,5H2,1H3,(H,14,15). The highest BCUT2D eigenvalue weighted by atomic mass is 35.5. The number of hydrogen-bond donors (Lipinski definition) is 2. The number of aromatic amines is 1. The molecular weight excluding hydrogens is 286 g/mol. The molecule has 0 atom stereocenters. The highest BCUT2D eigenvalue weighted by molar-refractivity contribution is 7.92. The van der Waals surface area contributed by atoms with Gasteiger partial charge in [0.05, 0.1) is 22.8 Å². The van der Waals surface area contributed by atoms with Gasteiger partial charge in [0.1, 0.15) is 0 Å². The number of sulfonamides is 1. The lowest BCUT2D eigenvalue weighted by atomic mass is 10.1. The molecular formula is C12H14ClN3O2S. The third-order valence-electron chi connectivity index (χ3n) is 2.63. The van der Waals surface area contributed by atoms with Crippen molar-refractivity contribution in [1.82, 2.24) is 9.97 Å². The normalized spacial score (nSPS) is 11.5. The van der Waals surface area contributed by atoms with Crippen LogP contribution in [-0.4, -0.2) is 24.1 Å². The van der Waals surface area contributed by atoms with Gasteiger partial charge in [-0.1, -0.05) is 17.7 Å². The first-order valence-corrected chi connectivity index (χ1v) is 7.79. The number of nitrogens with one attached hydrogen (secondary N) is 2. The minimum absolute atomic E-state index is 0.00804. The van der Waals surface area contributed by atoms with Crippen molar-refractivity contribution in [2.45, 2.75) is 13.3 Å². The van der Waals surface area contributed by atoms with Crippen LogP contribution in [0.1, 0.15) is 18.2 Å². The lowest BCUT2D eigenvalue weighted by molar-refractivity contribution is 0.602. The summed E-state index contributed by atoms with van der Waals surface area (Å²) in [6.45, 7) is 1.57. The summed E-state index contributed by atoms with van der Waals surface area (Å²) in [7, 11) is -3.33. The summed E-state index contributed by atoms with van der Waals surface area (Å²) in [5, 5.41) is 0.380. The summed E-state index contributed by atoms with van der Waals surface area (Å²) in [5.41, 5.74) is 2.30. The van der Waals surface area contributed by atoms with Gasteiger partial charge in [-0.3, -0.25) is 4.72 Å². The Morgan fingerprint density at radius 1 is 1.42 bits per heavy atom. The van der Waals surface area contributed by atoms with Crippen molar-refractivity contribution in [2.24, 2.45) is 0 Å². The van der Waals surface area contributed by atoms with Crippen LogP contribution in [0.15, 0.2) is 30.7 Å². The van der Waals surface area contributed by atoms with Gasteiger partial charge in [0.2, 0.25) is 10.0 Å². The molecule has 0 spiro atoms. The highest BCUT2D eigenvalue weighted by Crippen LogP contribution is 2.25. The van der Waals surface area contributed by atoms with E-state index in [1.165, 1.54) is 0 Å². The number of H-pyrrole nitrogens is 1. The quantitative estimate of drug-likeness (QED) is 0.890. The first-order valence-electron chi connectivity index (χ1n) is 5.76. The topological polar surface area (TPSA) is 74.8 Å². The maximum atomic E-state index is 11.6. The zero-order valence-electron chi connectivity index (χ0n) is 10.4. The SMILES string of the molecule is CCS(=O)(=O)Nc1cc(Cc2cnc[nH]2)ccc1Cl. The number of halogens is 1. The van der Waals surface area contributed by atoms with E-state index in [4.69, 9.17) is 11.6 Å². The molecule has 0 aliphatic heterocycles. The van der Waals surface area contributed by atoms with Gasteiger partial charge in [0.25, 0.3) is 0 Å². The minimum Gasteiger partial charge on any atom is -0.348 e. The molecule has 1 aromatic carbocycles. The van der Waals surface area contributed by atoms with Crippen LogP contribution in [0.4, 0.5) is 5.69 Å². The minimum atomic E-state index is -3.33. The van der Waals surface area contributed by atoms with Gasteiger partial charge >= 0.3 is 0 Å². The second kappa shape index (κ2) is 5.63. The number of rotatable bonds is 5. The van der Waals surface area contributed by atoms with Crippen LogP contribution in [0.25, 0.3) is 0 Å². The Labute approximate surface area is 117 Å². The zero-order chi connectivity index (χ0) is 13.9. The molecule has 2 N–H and O–H groups in total. The first-order chi connectivity index (χ1) is 9.00. The summed E-state index contributed by atoms with van der Waals surface area (Å²) in [4.78, 5) is 6.93. The van der Waals surface area contributed by atoms with E-state index >= 15 is 0 Å². The predicted molar refractivity (Wildman–Crippen MR) is 75.9 cm³/mol. The molecule has 19 heavy (non-hydrogen) atoms. The van der Waals surface area contributed by atoms with Crippen LogP contribution in [0, 0.1) is 0 Å². The number of imidazole rings is 1. The van der Waals surface area contributed by atoms with Crippen LogP contribution >= 0.6 is 11.6 Å². The monoisotopic (exact) mass is 299 g/mol. The van der Waals surface area contributed by atoms with Crippen molar-refractivity contribution < 1.29 is 8.42 Å². The molecule has 5 nitrogen and oxygen atoms in total. The number of benzene rings is 1. The van der Waals surface area contributed by atoms with Gasteiger partial charge in [-0.15, -0.1) is 0 Å². The number of hydrogen-bond acceptors (Lipinski definition) is 3. The Kier molecular flexibility index (Phi) is 4.11. The largest absolute Gasteiger partial charge is 0.348 e. The van der Waals surface area contributed by atoms with Crippen LogP contribution in [-0.2, 0) is 16.4 Å². The van der Waals surface area contributed by atoms with Crippen LogP contribution in [0.3, 0.4) is 0 Å². The van der Waals surface area contributed by atoms with E-state index in [0.29, 0.717) is 17.1 Å². The van der Waals surface area contributed by atoms with Crippen LogP contribution < -0.4 is 4.72 Å². The molecule has 102 valence electrons. The summed E-state index contributed by atoms with van der Waals surface area (Å²) >= 11 is 5.99. The molecule has 1 aromatic heterocycles. The maximum absolute atomic E-state index is 11.6. The van der Waals surface area contributed by atoms with E-state index in [1.54, 1.807) is 31.6 Å². The Morgan fingerprint density at radius 3 is 2.84 bits per heavy atom. The second-order valence-electron chi connectivity index (χ2n) is 4.07. The lowest BCUT2D eigenvalue weighted by Gasteiger charge is -2.09. The fourth-order valence-electron chi connectivity index (χ4n) is 1.60. The molecule has 7 heteroatoms. The van der Waals surface area contributed by atoms with Gasteiger partial charge in [-0.2, -0.15) is 0 Å². The van der Waals surface area contributed by atoms with Gasteiger partial charge in [0.15, 0.2) is 0 Å². The van der Waals surface area contributed by atoms with Crippen molar-refractivity contribution in [2.75, 3.05) is 10.5 Å². The summed E-state index contributed by atoms with van der Waals surface area (Å²) < 4.78 is 25.6. The highest BCUT2D eigenvalue weighted by Gasteiger charge is 2.10. The van der Waals surface area contributed by atoms with Crippen molar-refractivity contribution in [3.63, 3.8) is 0 Å². The third kappa shape index (κ3) is 3.71. The van der Waals surface area contributed by atoms with Crippen LogP contribution in [0.2, 0.25) is 5.02 Å². The maximum Gasteiger partial charge on any atom is 0.232 e. The second-order valence-corrected chi connectivity index (χ2v) is 6.49. The van der Waals surface area contributed by atoms with Crippen molar-refractivity contribution >= 4 is 27.3 Å². The van der Waals surface area contributed by atoms with E-state index in [0.717, 1.165) is 11.3 Å². The van der Waals surface area contributed by atoms with Crippen molar-refractivity contribution in [3.05, 3.63) is 47.0 Å². The van der Waals surface area contributed by atoms with Gasteiger partial charge in [0, 0.05) is 18.3 Å². The van der Waals surface area contributed by atoms with Crippen LogP contribution in [0.5, 0.6) is 0 Å². The average Bonchev–Trinajstić information content (AvgIpc) is 2.86. The fraction of sp³-hybridized carbons (Fsp3) is 0.250. The number of anilines is 1.